The maximum atomic E-state index is 12.6. The van der Waals surface area contributed by atoms with E-state index < -0.39 is 72.6 Å². The number of fused-ring (bicyclic) bond motifs is 5. The lowest BCUT2D eigenvalue weighted by molar-refractivity contribution is -0.329. The second-order valence-corrected chi connectivity index (χ2v) is 21.3. The van der Waals surface area contributed by atoms with Crippen LogP contribution in [0.4, 0.5) is 0 Å². The lowest BCUT2D eigenvalue weighted by Crippen LogP contribution is -2.67. The van der Waals surface area contributed by atoms with Gasteiger partial charge in [-0.1, -0.05) is 44.2 Å². The quantitative estimate of drug-likeness (QED) is 0.179. The summed E-state index contributed by atoms with van der Waals surface area (Å²) in [6.45, 7) is 11.7. The van der Waals surface area contributed by atoms with Crippen molar-refractivity contribution in [2.24, 2.45) is 34.5 Å². The van der Waals surface area contributed by atoms with Gasteiger partial charge in [-0.2, -0.15) is 0 Å². The predicted molar refractivity (Wildman–Crippen MR) is 233 cm³/mol. The molecule has 65 heavy (non-hydrogen) atoms. The number of nitrogens with zero attached hydrogens (tertiary/aromatic N) is 1. The molecule has 4 aliphatic heterocycles. The van der Waals surface area contributed by atoms with Crippen LogP contribution in [0.15, 0.2) is 42.0 Å². The summed E-state index contributed by atoms with van der Waals surface area (Å²) in [7, 11) is 0. The monoisotopic (exact) mass is 912 g/mol. The van der Waals surface area contributed by atoms with Crippen LogP contribution >= 0.6 is 0 Å². The van der Waals surface area contributed by atoms with Gasteiger partial charge in [-0.3, -0.25) is 9.69 Å². The summed E-state index contributed by atoms with van der Waals surface area (Å²) in [5, 5.41) is 47.3. The lowest BCUT2D eigenvalue weighted by Gasteiger charge is -2.65. The molecule has 0 bridgehead atoms. The van der Waals surface area contributed by atoms with Crippen molar-refractivity contribution in [2.45, 2.75) is 191 Å². The van der Waals surface area contributed by atoms with E-state index in [-0.39, 0.29) is 79.9 Å². The van der Waals surface area contributed by atoms with Crippen molar-refractivity contribution in [3.8, 4) is 0 Å². The Bertz CT molecular complexity index is 1840. The molecule has 19 atom stereocenters. The molecular weight excluding hydrogens is 839 g/mol. The zero-order valence-electron chi connectivity index (χ0n) is 38.8. The highest BCUT2D eigenvalue weighted by molar-refractivity contribution is 5.85. The molecule has 0 aromatic heterocycles. The van der Waals surface area contributed by atoms with E-state index in [9.17, 15) is 30.0 Å². The van der Waals surface area contributed by atoms with Crippen molar-refractivity contribution in [1.29, 1.82) is 0 Å². The van der Waals surface area contributed by atoms with Crippen LogP contribution in [-0.4, -0.2) is 143 Å². The Morgan fingerprint density at radius 2 is 1.49 bits per heavy atom. The molecule has 3 saturated heterocycles. The van der Waals surface area contributed by atoms with Gasteiger partial charge in [-0.05, 0) is 112 Å². The van der Waals surface area contributed by atoms with Gasteiger partial charge in [-0.25, -0.2) is 4.79 Å². The number of aliphatic hydroxyl groups excluding tert-OH is 3. The van der Waals surface area contributed by atoms with Crippen LogP contribution in [0.25, 0.3) is 0 Å². The van der Waals surface area contributed by atoms with E-state index in [1.807, 2.05) is 62.9 Å². The summed E-state index contributed by atoms with van der Waals surface area (Å²) in [5.74, 6) is -0.104. The average Bonchev–Trinajstić information content (AvgIpc) is 3.76. The van der Waals surface area contributed by atoms with E-state index in [0.717, 1.165) is 49.7 Å². The number of carbonyl (C=O) groups is 2. The Kier molecular flexibility index (Phi) is 14.0. The minimum absolute atomic E-state index is 0.0457. The van der Waals surface area contributed by atoms with E-state index >= 15 is 0 Å². The third kappa shape index (κ3) is 9.35. The van der Waals surface area contributed by atoms with Crippen molar-refractivity contribution in [2.75, 3.05) is 26.2 Å². The van der Waals surface area contributed by atoms with Crippen LogP contribution in [0.3, 0.4) is 0 Å². The fraction of sp³-hybridized carbons (Fsp3) is 0.800. The maximum absolute atomic E-state index is 12.6. The zero-order chi connectivity index (χ0) is 45.8. The first-order valence-electron chi connectivity index (χ1n) is 24.5. The Hall–Kier alpha value is -2.54. The van der Waals surface area contributed by atoms with Crippen molar-refractivity contribution in [3.63, 3.8) is 0 Å². The molecule has 4 saturated carbocycles. The van der Waals surface area contributed by atoms with Crippen molar-refractivity contribution in [1.82, 2.24) is 4.90 Å². The van der Waals surface area contributed by atoms with Gasteiger partial charge in [0.05, 0.1) is 54.9 Å². The number of ether oxygens (including phenoxy) is 8. The molecule has 362 valence electrons. The largest absolute Gasteiger partial charge is 0.460 e. The van der Waals surface area contributed by atoms with Crippen LogP contribution < -0.4 is 0 Å². The predicted octanol–water partition coefficient (Wildman–Crippen LogP) is 4.54. The van der Waals surface area contributed by atoms with Crippen LogP contribution in [0, 0.1) is 34.5 Å². The molecule has 1 aromatic rings. The SMILES string of the molecule is C[C@@H]1CN(CC(=O)OCc2ccccc2)CC[C@H](O[C@H]2[C@@H](O)C[C@H](O[C@H]3[C@@H](O)C[C@H](O[C@H]4CC[C@@]5(C)[C@H](CC[C@@H]6[C@@H]5C[C@@H](O)[C@]5(C)[C@@H](C7=CC(=O)OC7)CC[C@]65O)C4)O[C@@H]3C)O[C@@H]2C)O1. The Balaban J connectivity index is 0.728. The number of cyclic esters (lactones) is 1. The van der Waals surface area contributed by atoms with Crippen LogP contribution in [0.5, 0.6) is 0 Å². The Morgan fingerprint density at radius 3 is 2.17 bits per heavy atom. The van der Waals surface area contributed by atoms with E-state index in [1.54, 1.807) is 6.08 Å². The first kappa shape index (κ1) is 47.5. The summed E-state index contributed by atoms with van der Waals surface area (Å²) in [4.78, 5) is 26.6. The number of esters is 2. The lowest BCUT2D eigenvalue weighted by atomic mass is 9.42. The number of benzene rings is 1. The molecule has 8 aliphatic rings. The molecule has 1 aromatic carbocycles. The number of aliphatic hydroxyl groups is 4. The molecule has 0 radical (unpaired) electrons. The molecule has 4 N–H and O–H groups in total. The van der Waals surface area contributed by atoms with Gasteiger partial charge in [0.15, 0.2) is 18.9 Å². The fourth-order valence-electron chi connectivity index (χ4n) is 14.0. The molecule has 15 heteroatoms. The summed E-state index contributed by atoms with van der Waals surface area (Å²) < 4.78 is 48.8. The van der Waals surface area contributed by atoms with Crippen molar-refractivity contribution >= 4 is 11.9 Å². The van der Waals surface area contributed by atoms with Crippen LogP contribution in [0.1, 0.15) is 111 Å². The minimum atomic E-state index is -1.02. The van der Waals surface area contributed by atoms with E-state index in [2.05, 4.69) is 6.92 Å². The smallest absolute Gasteiger partial charge is 0.331 e. The summed E-state index contributed by atoms with van der Waals surface area (Å²) >= 11 is 0. The van der Waals surface area contributed by atoms with Crippen LogP contribution in [0.2, 0.25) is 0 Å². The molecule has 15 nitrogen and oxygen atoms in total. The van der Waals surface area contributed by atoms with Crippen LogP contribution in [-0.2, 0) is 54.1 Å². The van der Waals surface area contributed by atoms with Crippen molar-refractivity contribution in [3.05, 3.63) is 47.5 Å². The third-order valence-electron chi connectivity index (χ3n) is 17.5. The molecular formula is C50H73NO14. The first-order valence-corrected chi connectivity index (χ1v) is 24.5. The highest BCUT2D eigenvalue weighted by Gasteiger charge is 2.71. The second-order valence-electron chi connectivity index (χ2n) is 21.3. The molecule has 9 rings (SSSR count). The standard InChI is InChI=1S/C50H73NO14/c1-28-24-51(25-42(56)58-26-31-9-7-6-8-10-31)18-15-43(60-28)64-46-29(2)62-45(23-39(46)53)65-47-30(3)61-44(22-38(47)52)63-34-13-16-48(4)33(20-34)11-12-36-37(48)21-40(54)49(5)35(14-17-50(36,49)57)32-19-41(55)59-27-32/h6-10,19,28-30,33-40,43-47,52-54,57H,11-18,20-27H2,1-5H3/t28-,29-,30-,33-,34+,35-,36-,37+,38+,39+,40-,43+,44+,45+,46-,47-,48+,49+,50+/m1/s1. The summed E-state index contributed by atoms with van der Waals surface area (Å²) in [6.07, 6.45) is 1.74. The van der Waals surface area contributed by atoms with E-state index in [1.165, 1.54) is 0 Å². The van der Waals surface area contributed by atoms with Crippen molar-refractivity contribution < 1.29 is 67.9 Å². The van der Waals surface area contributed by atoms with Gasteiger partial charge in [0.25, 0.3) is 0 Å². The molecule has 0 unspecified atom stereocenters. The Morgan fingerprint density at radius 1 is 0.800 bits per heavy atom. The molecule has 7 fully saturated rings. The summed E-state index contributed by atoms with van der Waals surface area (Å²) in [6, 6.07) is 9.58. The van der Waals surface area contributed by atoms with Gasteiger partial charge < -0.3 is 58.3 Å². The van der Waals surface area contributed by atoms with Gasteiger partial charge >= 0.3 is 11.9 Å². The molecule has 4 aliphatic carbocycles. The maximum Gasteiger partial charge on any atom is 0.331 e. The normalized spacial score (nSPS) is 46.8. The average molecular weight is 912 g/mol. The second kappa shape index (κ2) is 19.1. The topological polar surface area (TPSA) is 192 Å². The van der Waals surface area contributed by atoms with Gasteiger partial charge in [0.1, 0.15) is 25.4 Å². The number of hydrogen-bond donors (Lipinski definition) is 4. The number of rotatable bonds is 11. The molecule has 4 heterocycles. The molecule has 0 spiro atoms. The van der Waals surface area contributed by atoms with Gasteiger partial charge in [0, 0.05) is 43.8 Å². The first-order chi connectivity index (χ1) is 31.0. The number of carbonyl (C=O) groups excluding carboxylic acids is 2. The Labute approximate surface area is 383 Å². The van der Waals surface area contributed by atoms with Gasteiger partial charge in [0.2, 0.25) is 0 Å². The highest BCUT2D eigenvalue weighted by atomic mass is 16.7. The van der Waals surface area contributed by atoms with E-state index in [0.29, 0.717) is 38.3 Å². The fourth-order valence-corrected chi connectivity index (χ4v) is 14.0. The molecule has 0 amide bonds. The summed E-state index contributed by atoms with van der Waals surface area (Å²) in [5.41, 5.74) is 0.0345. The third-order valence-corrected chi connectivity index (χ3v) is 17.5. The highest BCUT2D eigenvalue weighted by Crippen LogP contribution is 2.70. The minimum Gasteiger partial charge on any atom is -0.460 e. The van der Waals surface area contributed by atoms with Gasteiger partial charge in [-0.15, -0.1) is 0 Å². The van der Waals surface area contributed by atoms with E-state index in [4.69, 9.17) is 37.9 Å². The zero-order valence-corrected chi connectivity index (χ0v) is 38.8. The number of hydrogen-bond acceptors (Lipinski definition) is 15.